The normalized spacial score (nSPS) is 13.8. The molecule has 2 atom stereocenters. The molecule has 0 aliphatic rings. The molecule has 0 rings (SSSR count). The number of carbonyl (C=O) groups is 2. The number of ether oxygens (including phenoxy) is 2. The summed E-state index contributed by atoms with van der Waals surface area (Å²) in [5.41, 5.74) is 0. The Morgan fingerprint density at radius 3 is 1.40 bits per heavy atom. The van der Waals surface area contributed by atoms with E-state index in [1.54, 1.807) is 0 Å². The Morgan fingerprint density at radius 2 is 0.903 bits per heavy atom. The Labute approximate surface area is 382 Å². The van der Waals surface area contributed by atoms with E-state index in [-0.39, 0.29) is 26.1 Å². The zero-order valence-corrected chi connectivity index (χ0v) is 41.7. The van der Waals surface area contributed by atoms with Gasteiger partial charge in [-0.1, -0.05) is 184 Å². The van der Waals surface area contributed by atoms with Crippen LogP contribution in [0, 0.1) is 0 Å². The van der Waals surface area contributed by atoms with Crippen LogP contribution in [0.4, 0.5) is 0 Å². The number of nitrogens with zero attached hydrogens (tertiary/aromatic N) is 1. The molecule has 0 aliphatic carbocycles. The highest BCUT2D eigenvalue weighted by atomic mass is 31.2. The van der Waals surface area contributed by atoms with Crippen molar-refractivity contribution in [2.75, 3.05) is 47.5 Å². The van der Waals surface area contributed by atoms with Crippen molar-refractivity contribution in [1.82, 2.24) is 0 Å². The van der Waals surface area contributed by atoms with E-state index in [4.69, 9.17) is 18.5 Å². The zero-order chi connectivity index (χ0) is 45.7. The molecule has 0 radical (unpaired) electrons. The molecule has 0 spiro atoms. The van der Waals surface area contributed by atoms with Gasteiger partial charge in [0.2, 0.25) is 0 Å². The van der Waals surface area contributed by atoms with Crippen molar-refractivity contribution in [3.63, 3.8) is 0 Å². The van der Waals surface area contributed by atoms with Gasteiger partial charge in [-0.05, 0) is 70.6 Å². The first-order chi connectivity index (χ1) is 30.0. The maximum absolute atomic E-state index is 12.7. The maximum Gasteiger partial charge on any atom is 0.306 e. The largest absolute Gasteiger partial charge is 0.756 e. The molecule has 10 heteroatoms. The molecule has 0 saturated carbocycles. The smallest absolute Gasteiger partial charge is 0.306 e. The lowest BCUT2D eigenvalue weighted by molar-refractivity contribution is -0.870. The summed E-state index contributed by atoms with van der Waals surface area (Å²) >= 11 is 0. The first kappa shape index (κ1) is 60.0. The van der Waals surface area contributed by atoms with E-state index in [9.17, 15) is 19.0 Å². The highest BCUT2D eigenvalue weighted by molar-refractivity contribution is 7.45. The van der Waals surface area contributed by atoms with Gasteiger partial charge in [-0.15, -0.1) is 0 Å². The molecular weight excluding hydrogens is 798 g/mol. The Morgan fingerprint density at radius 1 is 0.500 bits per heavy atom. The lowest BCUT2D eigenvalue weighted by Crippen LogP contribution is -2.37. The summed E-state index contributed by atoms with van der Waals surface area (Å²) < 4.78 is 33.9. The van der Waals surface area contributed by atoms with Crippen LogP contribution < -0.4 is 4.89 Å². The van der Waals surface area contributed by atoms with E-state index in [1.807, 2.05) is 21.1 Å². The molecule has 0 bridgehead atoms. The molecule has 0 aromatic rings. The quantitative estimate of drug-likeness (QED) is 0.0148. The lowest BCUT2D eigenvalue weighted by Gasteiger charge is -2.28. The van der Waals surface area contributed by atoms with Crippen LogP contribution in [0.25, 0.3) is 0 Å². The second-order valence-corrected chi connectivity index (χ2v) is 19.6. The second-order valence-electron chi connectivity index (χ2n) is 18.2. The van der Waals surface area contributed by atoms with Gasteiger partial charge in [0.25, 0.3) is 7.82 Å². The fourth-order valence-electron chi connectivity index (χ4n) is 6.84. The number of hydrogen-bond donors (Lipinski definition) is 0. The van der Waals surface area contributed by atoms with Crippen molar-refractivity contribution in [2.45, 2.75) is 225 Å². The number of likely N-dealkylation sites (N-methyl/N-ethyl adjacent to an activating group) is 1. The van der Waals surface area contributed by atoms with Crippen LogP contribution in [-0.2, 0) is 32.7 Å². The lowest BCUT2D eigenvalue weighted by atomic mass is 10.0. The minimum Gasteiger partial charge on any atom is -0.756 e. The Balaban J connectivity index is 4.30. The van der Waals surface area contributed by atoms with Gasteiger partial charge >= 0.3 is 11.9 Å². The molecule has 0 aromatic heterocycles. The van der Waals surface area contributed by atoms with E-state index < -0.39 is 32.5 Å². The molecule has 9 nitrogen and oxygen atoms in total. The molecule has 0 aromatic carbocycles. The van der Waals surface area contributed by atoms with Gasteiger partial charge in [-0.3, -0.25) is 14.2 Å². The van der Waals surface area contributed by atoms with Gasteiger partial charge in [0.05, 0.1) is 27.7 Å². The first-order valence-electron chi connectivity index (χ1n) is 25.4. The number of carbonyl (C=O) groups excluding carboxylic acids is 2. The minimum absolute atomic E-state index is 0.0407. The van der Waals surface area contributed by atoms with E-state index in [1.165, 1.54) is 116 Å². The van der Waals surface area contributed by atoms with Crippen LogP contribution in [0.1, 0.15) is 219 Å². The fraction of sp³-hybridized carbons (Fsp3) is 0.808. The Kier molecular flexibility index (Phi) is 42.7. The predicted molar refractivity (Wildman–Crippen MR) is 259 cm³/mol. The first-order valence-corrected chi connectivity index (χ1v) is 26.8. The van der Waals surface area contributed by atoms with Gasteiger partial charge in [0.1, 0.15) is 19.8 Å². The average Bonchev–Trinajstić information content (AvgIpc) is 3.23. The van der Waals surface area contributed by atoms with E-state index >= 15 is 0 Å². The highest BCUT2D eigenvalue weighted by Gasteiger charge is 2.21. The molecule has 62 heavy (non-hydrogen) atoms. The van der Waals surface area contributed by atoms with Crippen molar-refractivity contribution < 1.29 is 42.1 Å². The van der Waals surface area contributed by atoms with Crippen molar-refractivity contribution in [3.05, 3.63) is 48.6 Å². The van der Waals surface area contributed by atoms with Crippen LogP contribution in [0.15, 0.2) is 48.6 Å². The molecule has 0 fully saturated rings. The zero-order valence-electron chi connectivity index (χ0n) is 40.8. The molecule has 0 amide bonds. The SMILES string of the molecule is CCCCCC/C=C/C=C/CCCCCCCC(=O)O[C@@H](COC(=O)CCC/C=C/CC/C=C/CCCCCCCCCCCCCCCC)COP(=O)([O-])OCC[N+](C)(C)C. The molecule has 0 aliphatic heterocycles. The maximum atomic E-state index is 12.7. The number of hydrogen-bond acceptors (Lipinski definition) is 8. The minimum atomic E-state index is -4.64. The third-order valence-electron chi connectivity index (χ3n) is 10.8. The van der Waals surface area contributed by atoms with Gasteiger partial charge in [0.15, 0.2) is 6.10 Å². The van der Waals surface area contributed by atoms with Crippen LogP contribution in [0.3, 0.4) is 0 Å². The standard InChI is InChI=1S/C52H96NO8P/c1-6-8-10-12-14-16-18-20-22-23-24-25-26-27-28-29-31-32-34-36-38-40-42-44-51(54)58-48-50(49-60-62(56,57)59-47-46-53(3,4)5)61-52(55)45-43-41-39-37-35-33-30-21-19-17-15-13-11-9-7-2/h17,19,21,29-31,36,38,50H,6-16,18,20,22-28,32-35,37,39-49H2,1-5H3/b19-17+,30-21+,31-29+,38-36+/t50-/m0/s1. The van der Waals surface area contributed by atoms with Crippen molar-refractivity contribution >= 4 is 19.8 Å². The van der Waals surface area contributed by atoms with Gasteiger partial charge < -0.3 is 27.9 Å². The van der Waals surface area contributed by atoms with E-state index in [0.29, 0.717) is 23.9 Å². The molecule has 1 unspecified atom stereocenters. The molecule has 0 N–H and O–H groups in total. The number of unbranched alkanes of at least 4 members (excludes halogenated alkanes) is 25. The van der Waals surface area contributed by atoms with Crippen LogP contribution >= 0.6 is 7.82 Å². The molecule has 0 heterocycles. The topological polar surface area (TPSA) is 111 Å². The van der Waals surface area contributed by atoms with E-state index in [0.717, 1.165) is 64.2 Å². The number of phosphoric acid groups is 1. The summed E-state index contributed by atoms with van der Waals surface area (Å²) in [6.07, 6.45) is 53.0. The Hall–Kier alpha value is -2.03. The van der Waals surface area contributed by atoms with E-state index in [2.05, 4.69) is 62.5 Å². The van der Waals surface area contributed by atoms with Crippen LogP contribution in [0.5, 0.6) is 0 Å². The third-order valence-corrected chi connectivity index (χ3v) is 11.8. The van der Waals surface area contributed by atoms with Gasteiger partial charge in [-0.2, -0.15) is 0 Å². The molecule has 0 saturated heterocycles. The van der Waals surface area contributed by atoms with Crippen molar-refractivity contribution in [1.29, 1.82) is 0 Å². The van der Waals surface area contributed by atoms with Gasteiger partial charge in [-0.25, -0.2) is 0 Å². The predicted octanol–water partition coefficient (Wildman–Crippen LogP) is 14.4. The number of esters is 2. The van der Waals surface area contributed by atoms with Crippen molar-refractivity contribution in [3.8, 4) is 0 Å². The Bertz CT molecular complexity index is 1190. The number of phosphoric ester groups is 1. The average molecular weight is 894 g/mol. The summed E-state index contributed by atoms with van der Waals surface area (Å²) in [6.45, 7) is 4.16. The van der Waals surface area contributed by atoms with Crippen LogP contribution in [-0.4, -0.2) is 70.0 Å². The number of quaternary nitrogens is 1. The number of allylic oxidation sites excluding steroid dienone is 8. The summed E-state index contributed by atoms with van der Waals surface area (Å²) in [5.74, 6) is -0.899. The summed E-state index contributed by atoms with van der Waals surface area (Å²) in [5, 5.41) is 0. The summed E-state index contributed by atoms with van der Waals surface area (Å²) in [4.78, 5) is 37.6. The van der Waals surface area contributed by atoms with Crippen LogP contribution in [0.2, 0.25) is 0 Å². The monoisotopic (exact) mass is 894 g/mol. The number of rotatable bonds is 46. The molecular formula is C52H96NO8P. The summed E-state index contributed by atoms with van der Waals surface area (Å²) in [6, 6.07) is 0. The highest BCUT2D eigenvalue weighted by Crippen LogP contribution is 2.38. The second kappa shape index (κ2) is 44.2. The fourth-order valence-corrected chi connectivity index (χ4v) is 7.57. The summed E-state index contributed by atoms with van der Waals surface area (Å²) in [7, 11) is 1.13. The van der Waals surface area contributed by atoms with Gasteiger partial charge in [0, 0.05) is 12.8 Å². The third kappa shape index (κ3) is 47.4. The van der Waals surface area contributed by atoms with Crippen molar-refractivity contribution in [2.24, 2.45) is 0 Å². The molecule has 362 valence electrons.